The SMILES string of the molecule is COC(=O)CCCC(=O)N[C@@H](Cc1cc(F)cc(F)c1)[C@@H](O)CNC1(c2cccc(C(C)(C)C)c2)CCCCC1. The van der Waals surface area contributed by atoms with Crippen LogP contribution in [0.4, 0.5) is 8.78 Å². The molecule has 1 fully saturated rings. The topological polar surface area (TPSA) is 87.7 Å². The fourth-order valence-electron chi connectivity index (χ4n) is 5.49. The van der Waals surface area contributed by atoms with Crippen LogP contribution in [0, 0.1) is 11.6 Å². The van der Waals surface area contributed by atoms with Gasteiger partial charge in [-0.25, -0.2) is 8.78 Å². The summed E-state index contributed by atoms with van der Waals surface area (Å²) in [4.78, 5) is 24.1. The summed E-state index contributed by atoms with van der Waals surface area (Å²) in [6.07, 6.45) is 4.60. The number of aliphatic hydroxyl groups excluding tert-OH is 1. The number of benzene rings is 2. The molecular weight excluding hydrogens is 514 g/mol. The molecule has 1 aliphatic rings. The van der Waals surface area contributed by atoms with Gasteiger partial charge in [-0.05, 0) is 59.9 Å². The maximum Gasteiger partial charge on any atom is 0.305 e. The van der Waals surface area contributed by atoms with Crippen LogP contribution in [0.2, 0.25) is 0 Å². The molecule has 0 radical (unpaired) electrons. The van der Waals surface area contributed by atoms with Gasteiger partial charge in [0.2, 0.25) is 5.91 Å². The minimum atomic E-state index is -1.03. The second kappa shape index (κ2) is 14.2. The molecule has 2 atom stereocenters. The fraction of sp³-hybridized carbons (Fsp3) is 0.562. The van der Waals surface area contributed by atoms with E-state index < -0.39 is 29.7 Å². The van der Waals surface area contributed by atoms with Crippen molar-refractivity contribution in [2.45, 2.75) is 102 Å². The van der Waals surface area contributed by atoms with E-state index in [1.54, 1.807) is 0 Å². The molecule has 2 aromatic rings. The van der Waals surface area contributed by atoms with Crippen LogP contribution in [-0.4, -0.2) is 42.8 Å². The lowest BCUT2D eigenvalue weighted by Gasteiger charge is -2.41. The third kappa shape index (κ3) is 9.10. The number of aliphatic hydroxyl groups is 1. The van der Waals surface area contributed by atoms with E-state index in [9.17, 15) is 23.5 Å². The normalized spacial score (nSPS) is 16.7. The molecule has 1 aliphatic carbocycles. The Morgan fingerprint density at radius 1 is 1.02 bits per heavy atom. The smallest absolute Gasteiger partial charge is 0.305 e. The van der Waals surface area contributed by atoms with Crippen molar-refractivity contribution in [3.05, 3.63) is 70.8 Å². The highest BCUT2D eigenvalue weighted by Gasteiger charge is 2.35. The van der Waals surface area contributed by atoms with Gasteiger partial charge in [-0.2, -0.15) is 0 Å². The van der Waals surface area contributed by atoms with Crippen LogP contribution in [0.3, 0.4) is 0 Å². The Balaban J connectivity index is 1.79. The molecule has 40 heavy (non-hydrogen) atoms. The van der Waals surface area contributed by atoms with Gasteiger partial charge in [0.05, 0.1) is 19.3 Å². The number of halogens is 2. The molecule has 0 aromatic heterocycles. The molecule has 2 aromatic carbocycles. The van der Waals surface area contributed by atoms with Gasteiger partial charge >= 0.3 is 5.97 Å². The Kier molecular flexibility index (Phi) is 11.2. The van der Waals surface area contributed by atoms with E-state index in [2.05, 4.69) is 60.4 Å². The van der Waals surface area contributed by atoms with Gasteiger partial charge < -0.3 is 20.5 Å². The average Bonchev–Trinajstić information content (AvgIpc) is 2.91. The maximum absolute atomic E-state index is 13.9. The molecule has 3 rings (SSSR count). The standard InChI is InChI=1S/C32H44F2N2O4/c1-31(2,3)23-10-8-11-24(19-23)32(14-6-5-7-15-32)35-21-28(37)27(18-22-16-25(33)20-26(34)17-22)36-29(38)12-9-13-30(39)40-4/h8,10-11,16-17,19-20,27-28,35,37H,5-7,9,12-15,18,21H2,1-4H3,(H,36,38)/t27-,28-/m0/s1. The molecule has 6 nitrogen and oxygen atoms in total. The second-order valence-corrected chi connectivity index (χ2v) is 12.0. The number of carbonyl (C=O) groups is 2. The molecular formula is C32H44F2N2O4. The molecule has 1 saturated carbocycles. The van der Waals surface area contributed by atoms with Crippen LogP contribution in [0.5, 0.6) is 0 Å². The fourth-order valence-corrected chi connectivity index (χ4v) is 5.49. The molecule has 8 heteroatoms. The Morgan fingerprint density at radius 2 is 1.70 bits per heavy atom. The van der Waals surface area contributed by atoms with Crippen LogP contribution in [-0.2, 0) is 31.7 Å². The van der Waals surface area contributed by atoms with Gasteiger partial charge in [0, 0.05) is 31.0 Å². The van der Waals surface area contributed by atoms with Crippen LogP contribution >= 0.6 is 0 Å². The minimum Gasteiger partial charge on any atom is -0.469 e. The lowest BCUT2D eigenvalue weighted by Crippen LogP contribution is -2.53. The molecule has 3 N–H and O–H groups in total. The highest BCUT2D eigenvalue weighted by molar-refractivity contribution is 5.77. The largest absolute Gasteiger partial charge is 0.469 e. The predicted molar refractivity (Wildman–Crippen MR) is 152 cm³/mol. The lowest BCUT2D eigenvalue weighted by molar-refractivity contribution is -0.140. The summed E-state index contributed by atoms with van der Waals surface area (Å²) in [5, 5.41) is 17.8. The molecule has 0 aliphatic heterocycles. The number of hydrogen-bond donors (Lipinski definition) is 3. The van der Waals surface area contributed by atoms with E-state index in [1.165, 1.54) is 30.4 Å². The number of nitrogens with one attached hydrogen (secondary N) is 2. The van der Waals surface area contributed by atoms with E-state index in [4.69, 9.17) is 0 Å². The number of hydrogen-bond acceptors (Lipinski definition) is 5. The summed E-state index contributed by atoms with van der Waals surface area (Å²) in [5.41, 5.74) is 2.43. The lowest BCUT2D eigenvalue weighted by atomic mass is 9.74. The second-order valence-electron chi connectivity index (χ2n) is 12.0. The zero-order chi connectivity index (χ0) is 29.3. The minimum absolute atomic E-state index is 0.00510. The van der Waals surface area contributed by atoms with Crippen molar-refractivity contribution in [2.24, 2.45) is 0 Å². The van der Waals surface area contributed by atoms with Crippen LogP contribution in [0.1, 0.15) is 88.8 Å². The zero-order valence-corrected chi connectivity index (χ0v) is 24.2. The van der Waals surface area contributed by atoms with E-state index in [0.29, 0.717) is 12.0 Å². The zero-order valence-electron chi connectivity index (χ0n) is 24.2. The monoisotopic (exact) mass is 558 g/mol. The molecule has 0 heterocycles. The van der Waals surface area contributed by atoms with Crippen molar-refractivity contribution < 1.29 is 28.2 Å². The summed E-state index contributed by atoms with van der Waals surface area (Å²) in [6.45, 7) is 6.74. The summed E-state index contributed by atoms with van der Waals surface area (Å²) in [7, 11) is 1.29. The van der Waals surface area contributed by atoms with Crippen molar-refractivity contribution in [1.82, 2.24) is 10.6 Å². The van der Waals surface area contributed by atoms with Crippen molar-refractivity contribution in [3.63, 3.8) is 0 Å². The Bertz CT molecular complexity index is 1120. The first-order valence-corrected chi connectivity index (χ1v) is 14.3. The third-order valence-corrected chi connectivity index (χ3v) is 7.84. The van der Waals surface area contributed by atoms with E-state index in [-0.39, 0.29) is 42.7 Å². The quantitative estimate of drug-likeness (QED) is 0.302. The number of rotatable bonds is 12. The molecule has 0 saturated heterocycles. The summed E-state index contributed by atoms with van der Waals surface area (Å²) in [6, 6.07) is 11.0. The van der Waals surface area contributed by atoms with E-state index in [1.807, 2.05) is 0 Å². The number of methoxy groups -OCH3 is 1. The van der Waals surface area contributed by atoms with Gasteiger partial charge in [-0.3, -0.25) is 9.59 Å². The van der Waals surface area contributed by atoms with Gasteiger partial charge in [0.25, 0.3) is 0 Å². The summed E-state index contributed by atoms with van der Waals surface area (Å²) < 4.78 is 32.5. The average molecular weight is 559 g/mol. The van der Waals surface area contributed by atoms with Gasteiger partial charge in [0.1, 0.15) is 11.6 Å². The van der Waals surface area contributed by atoms with Crippen molar-refractivity contribution in [1.29, 1.82) is 0 Å². The van der Waals surface area contributed by atoms with Gasteiger partial charge in [-0.15, -0.1) is 0 Å². The third-order valence-electron chi connectivity index (χ3n) is 7.84. The van der Waals surface area contributed by atoms with E-state index >= 15 is 0 Å². The highest BCUT2D eigenvalue weighted by Crippen LogP contribution is 2.38. The Morgan fingerprint density at radius 3 is 2.33 bits per heavy atom. The number of carbonyl (C=O) groups excluding carboxylic acids is 2. The molecule has 0 spiro atoms. The first-order chi connectivity index (χ1) is 18.9. The van der Waals surface area contributed by atoms with Crippen molar-refractivity contribution in [3.8, 4) is 0 Å². The predicted octanol–water partition coefficient (Wildman–Crippen LogP) is 5.44. The van der Waals surface area contributed by atoms with Crippen LogP contribution in [0.15, 0.2) is 42.5 Å². The van der Waals surface area contributed by atoms with Gasteiger partial charge in [-0.1, -0.05) is 64.3 Å². The van der Waals surface area contributed by atoms with Crippen LogP contribution < -0.4 is 10.6 Å². The molecule has 220 valence electrons. The molecule has 0 unspecified atom stereocenters. The van der Waals surface area contributed by atoms with Crippen molar-refractivity contribution >= 4 is 11.9 Å². The van der Waals surface area contributed by atoms with Crippen molar-refractivity contribution in [2.75, 3.05) is 13.7 Å². The molecule has 0 bridgehead atoms. The number of esters is 1. The Hall–Kier alpha value is -2.84. The highest BCUT2D eigenvalue weighted by atomic mass is 19.1. The van der Waals surface area contributed by atoms with Gasteiger partial charge in [0.15, 0.2) is 0 Å². The first-order valence-electron chi connectivity index (χ1n) is 14.3. The number of amides is 1. The summed E-state index contributed by atoms with van der Waals surface area (Å²) in [5.74, 6) is -2.19. The maximum atomic E-state index is 13.9. The summed E-state index contributed by atoms with van der Waals surface area (Å²) >= 11 is 0. The Labute approximate surface area is 236 Å². The van der Waals surface area contributed by atoms with Crippen LogP contribution in [0.25, 0.3) is 0 Å². The first kappa shape index (κ1) is 31.7. The number of ether oxygens (including phenoxy) is 1. The van der Waals surface area contributed by atoms with E-state index in [0.717, 1.165) is 38.2 Å². The molecule has 1 amide bonds.